The van der Waals surface area contributed by atoms with Gasteiger partial charge in [-0.25, -0.2) is 0 Å². The third kappa shape index (κ3) is 62.9. The topological polar surface area (TPSA) is 78.9 Å². The summed E-state index contributed by atoms with van der Waals surface area (Å²) in [7, 11) is 0. The molecule has 0 aromatic rings. The minimum Gasteiger partial charge on any atom is -0.462 e. The lowest BCUT2D eigenvalue weighted by molar-refractivity contribution is -0.167. The second kappa shape index (κ2) is 65.6. The Labute approximate surface area is 482 Å². The molecule has 78 heavy (non-hydrogen) atoms. The standard InChI is InChI=1S/C72H122O6/c1-4-7-10-13-16-19-22-24-26-27-28-29-30-31-32-33-34-35-36-37-38-39-40-41-42-43-44-45-47-48-50-53-56-59-62-65-71(74)77-68-69(67-76-70(73)64-61-58-55-52-21-18-15-12-9-6-3)78-72(75)66-63-60-57-54-51-49-46-25-23-20-17-14-11-8-5-2/h7-8,10-11,16-17,19-20,24-26,28-29,31-32,46,51,54,69H,4-6,9,12-15,18,21-23,27,30,33-45,47-50,52-53,55-68H2,1-3H3/b10-7-,11-8-,19-16-,20-17-,26-24-,29-28-,32-31-,46-25-,54-51-. The predicted octanol–water partition coefficient (Wildman–Crippen LogP) is 22.6. The molecular weight excluding hydrogens is 961 g/mol. The lowest BCUT2D eigenvalue weighted by Crippen LogP contribution is -2.30. The van der Waals surface area contributed by atoms with Crippen molar-refractivity contribution in [2.45, 2.75) is 316 Å². The van der Waals surface area contributed by atoms with Gasteiger partial charge in [-0.1, -0.05) is 297 Å². The second-order valence-corrected chi connectivity index (χ2v) is 21.6. The Balaban J connectivity index is 4.08. The summed E-state index contributed by atoms with van der Waals surface area (Å²) in [5, 5.41) is 0. The zero-order valence-corrected chi connectivity index (χ0v) is 51.2. The molecule has 0 fully saturated rings. The van der Waals surface area contributed by atoms with E-state index in [2.05, 4.69) is 130 Å². The molecule has 0 saturated carbocycles. The lowest BCUT2D eigenvalue weighted by atomic mass is 10.0. The van der Waals surface area contributed by atoms with Crippen LogP contribution in [-0.4, -0.2) is 37.2 Å². The summed E-state index contributed by atoms with van der Waals surface area (Å²) >= 11 is 0. The molecule has 0 aliphatic heterocycles. The van der Waals surface area contributed by atoms with Crippen molar-refractivity contribution in [3.8, 4) is 0 Å². The van der Waals surface area contributed by atoms with Crippen molar-refractivity contribution in [2.24, 2.45) is 0 Å². The fourth-order valence-corrected chi connectivity index (χ4v) is 9.17. The lowest BCUT2D eigenvalue weighted by Gasteiger charge is -2.18. The number of allylic oxidation sites excluding steroid dienone is 18. The van der Waals surface area contributed by atoms with Crippen molar-refractivity contribution in [3.05, 3.63) is 109 Å². The highest BCUT2D eigenvalue weighted by Crippen LogP contribution is 2.17. The molecule has 0 aromatic heterocycles. The molecule has 1 unspecified atom stereocenters. The van der Waals surface area contributed by atoms with Gasteiger partial charge in [0, 0.05) is 19.3 Å². The van der Waals surface area contributed by atoms with Gasteiger partial charge in [0.25, 0.3) is 0 Å². The molecule has 0 N–H and O–H groups in total. The molecule has 446 valence electrons. The van der Waals surface area contributed by atoms with Crippen molar-refractivity contribution in [1.29, 1.82) is 0 Å². The van der Waals surface area contributed by atoms with E-state index in [1.807, 2.05) is 0 Å². The molecule has 0 radical (unpaired) electrons. The van der Waals surface area contributed by atoms with E-state index in [0.717, 1.165) is 109 Å². The Kier molecular flexibility index (Phi) is 62.3. The van der Waals surface area contributed by atoms with Crippen LogP contribution in [0.25, 0.3) is 0 Å². The normalized spacial score (nSPS) is 12.8. The quantitative estimate of drug-likeness (QED) is 0.0261. The zero-order chi connectivity index (χ0) is 56.4. The molecule has 0 amide bonds. The monoisotopic (exact) mass is 1080 g/mol. The van der Waals surface area contributed by atoms with Crippen LogP contribution in [0, 0.1) is 0 Å². The largest absolute Gasteiger partial charge is 0.462 e. The Hall–Kier alpha value is -3.93. The van der Waals surface area contributed by atoms with Gasteiger partial charge in [0.1, 0.15) is 13.2 Å². The van der Waals surface area contributed by atoms with Crippen molar-refractivity contribution in [3.63, 3.8) is 0 Å². The first-order valence-electron chi connectivity index (χ1n) is 32.9. The van der Waals surface area contributed by atoms with E-state index in [-0.39, 0.29) is 37.5 Å². The molecule has 0 aromatic carbocycles. The molecule has 0 bridgehead atoms. The van der Waals surface area contributed by atoms with Gasteiger partial charge in [-0.15, -0.1) is 0 Å². The molecule has 6 heteroatoms. The number of carbonyl (C=O) groups excluding carboxylic acids is 3. The highest BCUT2D eigenvalue weighted by Gasteiger charge is 2.19. The van der Waals surface area contributed by atoms with E-state index in [1.54, 1.807) is 0 Å². The average molecular weight is 1080 g/mol. The fraction of sp³-hybridized carbons (Fsp3) is 0.708. The predicted molar refractivity (Wildman–Crippen MR) is 339 cm³/mol. The van der Waals surface area contributed by atoms with Crippen LogP contribution < -0.4 is 0 Å². The van der Waals surface area contributed by atoms with Crippen LogP contribution >= 0.6 is 0 Å². The van der Waals surface area contributed by atoms with Crippen LogP contribution in [0.3, 0.4) is 0 Å². The Bertz CT molecular complexity index is 1570. The second-order valence-electron chi connectivity index (χ2n) is 21.6. The van der Waals surface area contributed by atoms with Crippen molar-refractivity contribution >= 4 is 17.9 Å². The van der Waals surface area contributed by atoms with Crippen LogP contribution in [-0.2, 0) is 28.6 Å². The van der Waals surface area contributed by atoms with E-state index in [0.29, 0.717) is 19.3 Å². The first kappa shape index (κ1) is 74.1. The fourth-order valence-electron chi connectivity index (χ4n) is 9.17. The number of carbonyl (C=O) groups is 3. The Morgan fingerprint density at radius 1 is 0.269 bits per heavy atom. The molecule has 0 heterocycles. The maximum absolute atomic E-state index is 12.8. The van der Waals surface area contributed by atoms with Gasteiger partial charge in [-0.3, -0.25) is 14.4 Å². The van der Waals surface area contributed by atoms with Crippen LogP contribution in [0.2, 0.25) is 0 Å². The van der Waals surface area contributed by atoms with Crippen LogP contribution in [0.4, 0.5) is 0 Å². The van der Waals surface area contributed by atoms with Gasteiger partial charge in [-0.2, -0.15) is 0 Å². The third-order valence-corrected chi connectivity index (χ3v) is 14.0. The molecule has 0 saturated heterocycles. The maximum atomic E-state index is 12.8. The summed E-state index contributed by atoms with van der Waals surface area (Å²) in [5.41, 5.74) is 0. The van der Waals surface area contributed by atoms with Gasteiger partial charge in [0.15, 0.2) is 6.10 Å². The Morgan fingerprint density at radius 2 is 0.500 bits per heavy atom. The smallest absolute Gasteiger partial charge is 0.306 e. The number of hydrogen-bond acceptors (Lipinski definition) is 6. The number of rotatable bonds is 59. The SMILES string of the molecule is CC/C=C\C/C=C\C/C=C\C/C=C\C/C=C\CCCCCCCCCCCCCCCCCCCCCC(=O)OCC(COC(=O)CCCCCCCCCCCC)OC(=O)CCCC/C=C\C/C=C\C/C=C\C/C=C\CC. The minimum atomic E-state index is -0.796. The summed E-state index contributed by atoms with van der Waals surface area (Å²) in [5.74, 6) is -0.925. The summed E-state index contributed by atoms with van der Waals surface area (Å²) in [4.78, 5) is 38.1. The minimum absolute atomic E-state index is 0.0907. The van der Waals surface area contributed by atoms with Crippen LogP contribution in [0.15, 0.2) is 109 Å². The van der Waals surface area contributed by atoms with Crippen LogP contribution in [0.1, 0.15) is 310 Å². The number of ether oxygens (including phenoxy) is 3. The number of esters is 3. The van der Waals surface area contributed by atoms with Crippen molar-refractivity contribution < 1.29 is 28.6 Å². The molecule has 0 spiro atoms. The summed E-state index contributed by atoms with van der Waals surface area (Å²) in [6.07, 6.45) is 89.9. The van der Waals surface area contributed by atoms with E-state index in [9.17, 15) is 14.4 Å². The molecular formula is C72H122O6. The van der Waals surface area contributed by atoms with Gasteiger partial charge in [-0.05, 0) is 103 Å². The highest BCUT2D eigenvalue weighted by atomic mass is 16.6. The average Bonchev–Trinajstić information content (AvgIpc) is 3.44. The molecule has 6 nitrogen and oxygen atoms in total. The van der Waals surface area contributed by atoms with Gasteiger partial charge < -0.3 is 14.2 Å². The zero-order valence-electron chi connectivity index (χ0n) is 51.2. The van der Waals surface area contributed by atoms with Crippen molar-refractivity contribution in [2.75, 3.05) is 13.2 Å². The third-order valence-electron chi connectivity index (χ3n) is 14.0. The first-order valence-corrected chi connectivity index (χ1v) is 32.9. The van der Waals surface area contributed by atoms with Gasteiger partial charge in [0.2, 0.25) is 0 Å². The maximum Gasteiger partial charge on any atom is 0.306 e. The van der Waals surface area contributed by atoms with Gasteiger partial charge >= 0.3 is 17.9 Å². The van der Waals surface area contributed by atoms with E-state index in [1.165, 1.54) is 154 Å². The van der Waals surface area contributed by atoms with E-state index >= 15 is 0 Å². The van der Waals surface area contributed by atoms with E-state index in [4.69, 9.17) is 14.2 Å². The van der Waals surface area contributed by atoms with Gasteiger partial charge in [0.05, 0.1) is 0 Å². The highest BCUT2D eigenvalue weighted by molar-refractivity contribution is 5.71. The summed E-state index contributed by atoms with van der Waals surface area (Å²) in [6.45, 7) is 6.38. The van der Waals surface area contributed by atoms with Crippen molar-refractivity contribution in [1.82, 2.24) is 0 Å². The first-order chi connectivity index (χ1) is 38.5. The molecule has 0 aliphatic carbocycles. The molecule has 0 aliphatic rings. The summed E-state index contributed by atoms with van der Waals surface area (Å²) < 4.78 is 16.8. The Morgan fingerprint density at radius 3 is 0.808 bits per heavy atom. The summed E-state index contributed by atoms with van der Waals surface area (Å²) in [6, 6.07) is 0. The number of hydrogen-bond donors (Lipinski definition) is 0. The molecule has 0 rings (SSSR count). The number of unbranched alkanes of at least 4 members (excludes halogenated alkanes) is 30. The van der Waals surface area contributed by atoms with Crippen LogP contribution in [0.5, 0.6) is 0 Å². The molecule has 1 atom stereocenters. The van der Waals surface area contributed by atoms with E-state index < -0.39 is 6.10 Å².